The highest BCUT2D eigenvalue weighted by atomic mass is 79.9. The van der Waals surface area contributed by atoms with Crippen molar-refractivity contribution in [3.8, 4) is 5.75 Å². The number of hydrogen-bond acceptors (Lipinski definition) is 4. The van der Waals surface area contributed by atoms with Gasteiger partial charge in [-0.1, -0.05) is 0 Å². The molecule has 0 aliphatic heterocycles. The summed E-state index contributed by atoms with van der Waals surface area (Å²) in [5.74, 6) is -0.743. The van der Waals surface area contributed by atoms with Crippen molar-refractivity contribution in [2.45, 2.75) is 6.61 Å². The van der Waals surface area contributed by atoms with Gasteiger partial charge in [-0.15, -0.1) is 11.3 Å². The predicted molar refractivity (Wildman–Crippen MR) is 67.5 cm³/mol. The Morgan fingerprint density at radius 2 is 2.35 bits per heavy atom. The van der Waals surface area contributed by atoms with Crippen molar-refractivity contribution < 1.29 is 14.6 Å². The van der Waals surface area contributed by atoms with Crippen LogP contribution in [-0.2, 0) is 6.61 Å². The van der Waals surface area contributed by atoms with E-state index in [2.05, 4.69) is 20.9 Å². The third-order valence-corrected chi connectivity index (χ3v) is 3.96. The highest BCUT2D eigenvalue weighted by Gasteiger charge is 2.11. The monoisotopic (exact) mass is 313 g/mol. The van der Waals surface area contributed by atoms with E-state index in [0.717, 1.165) is 9.35 Å². The van der Waals surface area contributed by atoms with Crippen molar-refractivity contribution in [2.24, 2.45) is 0 Å². The first kappa shape index (κ1) is 12.1. The Labute approximate surface area is 110 Å². The molecule has 2 heterocycles. The van der Waals surface area contributed by atoms with Crippen LogP contribution in [0.3, 0.4) is 0 Å². The van der Waals surface area contributed by atoms with Crippen LogP contribution in [0.1, 0.15) is 15.2 Å². The molecule has 17 heavy (non-hydrogen) atoms. The molecule has 0 aromatic carbocycles. The van der Waals surface area contributed by atoms with Gasteiger partial charge in [0, 0.05) is 10.7 Å². The van der Waals surface area contributed by atoms with Crippen LogP contribution in [0.25, 0.3) is 0 Å². The molecule has 0 unspecified atom stereocenters. The Morgan fingerprint density at radius 3 is 3.00 bits per heavy atom. The van der Waals surface area contributed by atoms with Crippen molar-refractivity contribution in [1.29, 1.82) is 0 Å². The van der Waals surface area contributed by atoms with Crippen molar-refractivity contribution in [3.63, 3.8) is 0 Å². The standard InChI is InChI=1S/C11H8BrNO3S/c12-8-2-4-17-10(8)6-16-9-5-13-3-1-7(9)11(14)15/h1-5H,6H2,(H,14,15). The minimum Gasteiger partial charge on any atom is -0.485 e. The van der Waals surface area contributed by atoms with Crippen LogP contribution in [0.4, 0.5) is 0 Å². The molecule has 1 N–H and O–H groups in total. The van der Waals surface area contributed by atoms with E-state index in [9.17, 15) is 4.79 Å². The average Bonchev–Trinajstić information content (AvgIpc) is 2.72. The lowest BCUT2D eigenvalue weighted by atomic mass is 10.2. The molecule has 0 radical (unpaired) electrons. The molecule has 0 spiro atoms. The van der Waals surface area contributed by atoms with Gasteiger partial charge < -0.3 is 9.84 Å². The number of carboxylic acids is 1. The molecule has 0 fully saturated rings. The minimum atomic E-state index is -1.02. The zero-order valence-corrected chi connectivity index (χ0v) is 11.0. The number of nitrogens with zero attached hydrogens (tertiary/aromatic N) is 1. The molecule has 2 aromatic rings. The number of halogens is 1. The van der Waals surface area contributed by atoms with E-state index in [0.29, 0.717) is 6.61 Å². The molecule has 0 amide bonds. The van der Waals surface area contributed by atoms with E-state index in [4.69, 9.17) is 9.84 Å². The molecular weight excluding hydrogens is 306 g/mol. The van der Waals surface area contributed by atoms with Gasteiger partial charge in [0.25, 0.3) is 0 Å². The molecule has 0 aliphatic rings. The summed E-state index contributed by atoms with van der Waals surface area (Å²) in [7, 11) is 0. The largest absolute Gasteiger partial charge is 0.485 e. The first-order valence-electron chi connectivity index (χ1n) is 4.70. The van der Waals surface area contributed by atoms with Gasteiger partial charge in [0.15, 0.2) is 5.75 Å². The zero-order valence-electron chi connectivity index (χ0n) is 8.59. The summed E-state index contributed by atoms with van der Waals surface area (Å²) in [4.78, 5) is 15.8. The predicted octanol–water partition coefficient (Wildman–Crippen LogP) is 3.18. The van der Waals surface area contributed by atoms with Crippen LogP contribution in [0.15, 0.2) is 34.4 Å². The summed E-state index contributed by atoms with van der Waals surface area (Å²) in [6.07, 6.45) is 2.84. The molecule has 2 aromatic heterocycles. The fraction of sp³-hybridized carbons (Fsp3) is 0.0909. The molecule has 6 heteroatoms. The number of carboxylic acid groups (broad SMARTS) is 1. The number of hydrogen-bond donors (Lipinski definition) is 1. The molecule has 0 saturated carbocycles. The number of ether oxygens (including phenoxy) is 1. The van der Waals surface area contributed by atoms with Gasteiger partial charge in [-0.05, 0) is 33.4 Å². The van der Waals surface area contributed by atoms with E-state index in [-0.39, 0.29) is 11.3 Å². The van der Waals surface area contributed by atoms with Gasteiger partial charge in [0.2, 0.25) is 0 Å². The van der Waals surface area contributed by atoms with Crippen LogP contribution in [0.5, 0.6) is 5.75 Å². The lowest BCUT2D eigenvalue weighted by Gasteiger charge is -2.07. The summed E-state index contributed by atoms with van der Waals surface area (Å²) in [5.41, 5.74) is 0.118. The van der Waals surface area contributed by atoms with Gasteiger partial charge in [0.1, 0.15) is 12.2 Å². The van der Waals surface area contributed by atoms with E-state index in [1.54, 1.807) is 11.3 Å². The van der Waals surface area contributed by atoms with E-state index in [1.807, 2.05) is 11.4 Å². The third-order valence-electron chi connectivity index (χ3n) is 2.06. The number of carbonyl (C=O) groups is 1. The Hall–Kier alpha value is -1.40. The highest BCUT2D eigenvalue weighted by Crippen LogP contribution is 2.25. The SMILES string of the molecule is O=C(O)c1ccncc1OCc1sccc1Br. The number of thiophene rings is 1. The summed E-state index contributed by atoms with van der Waals surface area (Å²) in [6, 6.07) is 3.34. The number of aromatic carboxylic acids is 1. The lowest BCUT2D eigenvalue weighted by molar-refractivity contribution is 0.0691. The second-order valence-electron chi connectivity index (χ2n) is 3.16. The number of aromatic nitrogens is 1. The Balaban J connectivity index is 2.14. The Kier molecular flexibility index (Phi) is 3.75. The van der Waals surface area contributed by atoms with Gasteiger partial charge in [-0.3, -0.25) is 4.98 Å². The van der Waals surface area contributed by atoms with Crippen LogP contribution in [0, 0.1) is 0 Å². The molecule has 0 bridgehead atoms. The van der Waals surface area contributed by atoms with Gasteiger partial charge >= 0.3 is 5.97 Å². The van der Waals surface area contributed by atoms with E-state index in [1.165, 1.54) is 18.5 Å². The fourth-order valence-corrected chi connectivity index (χ4v) is 2.62. The molecule has 2 rings (SSSR count). The molecule has 4 nitrogen and oxygen atoms in total. The first-order chi connectivity index (χ1) is 8.18. The van der Waals surface area contributed by atoms with Crippen LogP contribution in [0.2, 0.25) is 0 Å². The van der Waals surface area contributed by atoms with Crippen LogP contribution < -0.4 is 4.74 Å². The molecule has 88 valence electrons. The summed E-state index contributed by atoms with van der Waals surface area (Å²) >= 11 is 4.93. The summed E-state index contributed by atoms with van der Waals surface area (Å²) in [5, 5.41) is 10.9. The van der Waals surface area contributed by atoms with E-state index < -0.39 is 5.97 Å². The summed E-state index contributed by atoms with van der Waals surface area (Å²) < 4.78 is 6.42. The van der Waals surface area contributed by atoms with Crippen LogP contribution in [-0.4, -0.2) is 16.1 Å². The maximum Gasteiger partial charge on any atom is 0.339 e. The minimum absolute atomic E-state index is 0.118. The van der Waals surface area contributed by atoms with Gasteiger partial charge in [0.05, 0.1) is 11.1 Å². The van der Waals surface area contributed by atoms with Crippen molar-refractivity contribution in [3.05, 3.63) is 44.8 Å². The third kappa shape index (κ3) is 2.83. The zero-order chi connectivity index (χ0) is 12.3. The quantitative estimate of drug-likeness (QED) is 0.941. The topological polar surface area (TPSA) is 59.4 Å². The maximum atomic E-state index is 10.9. The van der Waals surface area contributed by atoms with Crippen molar-refractivity contribution >= 4 is 33.2 Å². The summed E-state index contributed by atoms with van der Waals surface area (Å²) in [6.45, 7) is 0.324. The number of pyridine rings is 1. The Morgan fingerprint density at radius 1 is 1.53 bits per heavy atom. The second kappa shape index (κ2) is 5.29. The first-order valence-corrected chi connectivity index (χ1v) is 6.37. The molecule has 0 atom stereocenters. The number of rotatable bonds is 4. The van der Waals surface area contributed by atoms with Gasteiger partial charge in [-0.2, -0.15) is 0 Å². The maximum absolute atomic E-state index is 10.9. The van der Waals surface area contributed by atoms with E-state index >= 15 is 0 Å². The Bertz CT molecular complexity index is 541. The fourth-order valence-electron chi connectivity index (χ4n) is 1.24. The lowest BCUT2D eigenvalue weighted by Crippen LogP contribution is -2.03. The highest BCUT2D eigenvalue weighted by molar-refractivity contribution is 9.10. The molecule has 0 aliphatic carbocycles. The second-order valence-corrected chi connectivity index (χ2v) is 5.01. The average molecular weight is 314 g/mol. The molecular formula is C11H8BrNO3S. The molecule has 0 saturated heterocycles. The van der Waals surface area contributed by atoms with Crippen LogP contribution >= 0.6 is 27.3 Å². The van der Waals surface area contributed by atoms with Gasteiger partial charge in [-0.25, -0.2) is 4.79 Å². The van der Waals surface area contributed by atoms with Crippen molar-refractivity contribution in [1.82, 2.24) is 4.98 Å². The smallest absolute Gasteiger partial charge is 0.339 e. The van der Waals surface area contributed by atoms with Crippen molar-refractivity contribution in [2.75, 3.05) is 0 Å². The normalized spacial score (nSPS) is 10.2.